The lowest BCUT2D eigenvalue weighted by molar-refractivity contribution is -0.135. The third-order valence-electron chi connectivity index (χ3n) is 6.68. The highest BCUT2D eigenvalue weighted by atomic mass is 16.5. The number of fused-ring (bicyclic) bond motifs is 3. The Balaban J connectivity index is 1.67. The fourth-order valence-corrected chi connectivity index (χ4v) is 4.89. The van der Waals surface area contributed by atoms with Gasteiger partial charge in [-0.15, -0.1) is 0 Å². The number of aromatic hydroxyl groups is 1. The van der Waals surface area contributed by atoms with Crippen LogP contribution in [0, 0.1) is 6.92 Å². The van der Waals surface area contributed by atoms with E-state index in [1.807, 2.05) is 24.3 Å². The lowest BCUT2D eigenvalue weighted by Crippen LogP contribution is -2.23. The summed E-state index contributed by atoms with van der Waals surface area (Å²) < 4.78 is 16.9. The molecule has 0 saturated heterocycles. The molecule has 0 bridgehead atoms. The van der Waals surface area contributed by atoms with Gasteiger partial charge in [0.1, 0.15) is 22.6 Å². The van der Waals surface area contributed by atoms with E-state index >= 15 is 0 Å². The summed E-state index contributed by atoms with van der Waals surface area (Å²) >= 11 is 0. The number of carbonyl (C=O) groups excluding carboxylic acids is 2. The quantitative estimate of drug-likeness (QED) is 0.118. The fraction of sp³-hybridized carbons (Fsp3) is 0.414. The van der Waals surface area contributed by atoms with E-state index in [4.69, 9.17) is 13.9 Å². The molecular formula is C29H32O7. The minimum Gasteiger partial charge on any atom is -0.506 e. The van der Waals surface area contributed by atoms with Crippen molar-refractivity contribution in [2.75, 3.05) is 6.61 Å². The molecule has 1 aromatic heterocycles. The second-order valence-electron chi connectivity index (χ2n) is 9.39. The first-order chi connectivity index (χ1) is 17.3. The highest BCUT2D eigenvalue weighted by Crippen LogP contribution is 2.49. The number of rotatable bonds is 10. The Bertz CT molecular complexity index is 1330. The minimum atomic E-state index is -0.591. The van der Waals surface area contributed by atoms with Gasteiger partial charge >= 0.3 is 11.6 Å². The van der Waals surface area contributed by atoms with Crippen molar-refractivity contribution >= 4 is 22.7 Å². The van der Waals surface area contributed by atoms with E-state index in [0.717, 1.165) is 24.2 Å². The van der Waals surface area contributed by atoms with Crippen molar-refractivity contribution in [1.29, 1.82) is 0 Å². The molecule has 190 valence electrons. The average molecular weight is 493 g/mol. The Morgan fingerprint density at radius 2 is 1.78 bits per heavy atom. The Morgan fingerprint density at radius 1 is 1.08 bits per heavy atom. The van der Waals surface area contributed by atoms with Crippen LogP contribution in [0.25, 0.3) is 11.0 Å². The van der Waals surface area contributed by atoms with E-state index in [1.165, 1.54) is 38.7 Å². The van der Waals surface area contributed by atoms with Gasteiger partial charge in [0.05, 0.1) is 18.4 Å². The summed E-state index contributed by atoms with van der Waals surface area (Å²) in [5, 5.41) is 11.2. The van der Waals surface area contributed by atoms with E-state index in [9.17, 15) is 19.5 Å². The molecule has 4 rings (SSSR count). The first kappa shape index (κ1) is 25.5. The predicted octanol–water partition coefficient (Wildman–Crippen LogP) is 6.19. The number of hydrogen-bond acceptors (Lipinski definition) is 7. The van der Waals surface area contributed by atoms with Gasteiger partial charge in [0.2, 0.25) is 0 Å². The second-order valence-corrected chi connectivity index (χ2v) is 9.39. The van der Waals surface area contributed by atoms with Gasteiger partial charge in [0, 0.05) is 17.5 Å². The number of ether oxygens (including phenoxy) is 2. The predicted molar refractivity (Wildman–Crippen MR) is 136 cm³/mol. The maximum Gasteiger partial charge on any atom is 0.336 e. The fourth-order valence-electron chi connectivity index (χ4n) is 4.89. The Kier molecular flexibility index (Phi) is 7.77. The largest absolute Gasteiger partial charge is 0.506 e. The molecule has 2 aromatic carbocycles. The topological polar surface area (TPSA) is 103 Å². The van der Waals surface area contributed by atoms with Crippen LogP contribution in [0.15, 0.2) is 39.5 Å². The van der Waals surface area contributed by atoms with Crippen molar-refractivity contribution in [2.24, 2.45) is 0 Å². The Morgan fingerprint density at radius 3 is 2.47 bits per heavy atom. The van der Waals surface area contributed by atoms with Gasteiger partial charge in [-0.3, -0.25) is 9.59 Å². The molecular weight excluding hydrogens is 460 g/mol. The van der Waals surface area contributed by atoms with Crippen LogP contribution in [-0.4, -0.2) is 23.5 Å². The number of aryl methyl sites for hydroxylation is 1. The molecule has 3 aromatic rings. The highest BCUT2D eigenvalue weighted by Gasteiger charge is 2.37. The normalized spacial score (nSPS) is 15.0. The smallest absolute Gasteiger partial charge is 0.336 e. The van der Waals surface area contributed by atoms with Gasteiger partial charge in [-0.25, -0.2) is 4.79 Å². The van der Waals surface area contributed by atoms with E-state index < -0.39 is 23.3 Å². The zero-order valence-electron chi connectivity index (χ0n) is 21.0. The summed E-state index contributed by atoms with van der Waals surface area (Å²) in [6, 6.07) is 8.69. The van der Waals surface area contributed by atoms with E-state index in [2.05, 4.69) is 6.92 Å². The Hall–Kier alpha value is -3.61. The molecule has 7 heteroatoms. The van der Waals surface area contributed by atoms with Gasteiger partial charge in [0.15, 0.2) is 11.5 Å². The van der Waals surface area contributed by atoms with Gasteiger partial charge in [-0.05, 0) is 43.5 Å². The number of ketones is 1. The van der Waals surface area contributed by atoms with Crippen LogP contribution in [0.2, 0.25) is 0 Å². The second kappa shape index (κ2) is 11.0. The molecule has 0 saturated carbocycles. The average Bonchev–Trinajstić information content (AvgIpc) is 2.82. The number of unbranched alkanes of at least 4 members (excludes halogenated alkanes) is 5. The van der Waals surface area contributed by atoms with E-state index in [0.29, 0.717) is 17.7 Å². The molecule has 7 nitrogen and oxygen atoms in total. The lowest BCUT2D eigenvalue weighted by Gasteiger charge is -2.28. The van der Waals surface area contributed by atoms with E-state index in [1.54, 1.807) is 6.92 Å². The van der Waals surface area contributed by atoms with Gasteiger partial charge in [-0.1, -0.05) is 51.2 Å². The molecule has 1 aliphatic heterocycles. The zero-order valence-corrected chi connectivity index (χ0v) is 21.0. The van der Waals surface area contributed by atoms with E-state index in [-0.39, 0.29) is 34.5 Å². The summed E-state index contributed by atoms with van der Waals surface area (Å²) in [6.07, 6.45) is 7.11. The molecule has 2 heterocycles. The van der Waals surface area contributed by atoms with Crippen molar-refractivity contribution < 1.29 is 28.6 Å². The molecule has 0 unspecified atom stereocenters. The first-order valence-electron chi connectivity index (χ1n) is 12.6. The number of hydrogen-bond donors (Lipinski definition) is 1. The number of carbonyl (C=O) groups is 2. The van der Waals surface area contributed by atoms with Crippen LogP contribution < -0.4 is 15.1 Å². The van der Waals surface area contributed by atoms with Crippen LogP contribution in [0.5, 0.6) is 17.2 Å². The monoisotopic (exact) mass is 492 g/mol. The summed E-state index contributed by atoms with van der Waals surface area (Å²) in [4.78, 5) is 37.3. The number of esters is 1. The molecule has 0 radical (unpaired) electrons. The number of phenols is 1. The molecule has 0 aliphatic carbocycles. The summed E-state index contributed by atoms with van der Waals surface area (Å²) in [5.41, 5.74) is 1.11. The lowest BCUT2D eigenvalue weighted by atomic mass is 9.83. The standard InChI is InChI=1S/C29H32O7/c1-4-5-6-7-8-9-14-34-20-12-10-19(11-13-20)21-16-23(32)36-29-25(18(3)30)27(33)24-17(2)15-22(31)35-28(24)26(21)29/h10-13,15,21,33H,4-9,14,16H2,1-3H3/t21-/m0/s1. The van der Waals surface area contributed by atoms with Crippen LogP contribution >= 0.6 is 0 Å². The number of Topliss-reactive ketones (excluding diaryl/α,β-unsaturated/α-hetero) is 1. The minimum absolute atomic E-state index is 0.000163. The maximum atomic E-state index is 12.6. The van der Waals surface area contributed by atoms with Gasteiger partial charge in [0.25, 0.3) is 0 Å². The first-order valence-corrected chi connectivity index (χ1v) is 12.6. The number of phenolic OH excluding ortho intramolecular Hbond substituents is 1. The summed E-state index contributed by atoms with van der Waals surface area (Å²) in [6.45, 7) is 5.80. The Labute approximate surface area is 210 Å². The zero-order chi connectivity index (χ0) is 25.8. The van der Waals surface area contributed by atoms with Crippen molar-refractivity contribution in [3.8, 4) is 17.2 Å². The van der Waals surface area contributed by atoms with Crippen LogP contribution in [0.4, 0.5) is 0 Å². The molecule has 0 spiro atoms. The highest BCUT2D eigenvalue weighted by molar-refractivity contribution is 6.09. The molecule has 0 amide bonds. The van der Waals surface area contributed by atoms with Crippen molar-refractivity contribution in [2.45, 2.75) is 71.6 Å². The summed E-state index contributed by atoms with van der Waals surface area (Å²) in [7, 11) is 0. The van der Waals surface area contributed by atoms with Crippen LogP contribution in [0.3, 0.4) is 0 Å². The van der Waals surface area contributed by atoms with Crippen molar-refractivity contribution in [3.05, 3.63) is 63.0 Å². The molecule has 1 atom stereocenters. The molecule has 0 fully saturated rings. The molecule has 1 N–H and O–H groups in total. The SMILES string of the molecule is CCCCCCCCOc1ccc([C@@H]2CC(=O)Oc3c(C(C)=O)c(O)c4c(C)cc(=O)oc4c32)cc1. The summed E-state index contributed by atoms with van der Waals surface area (Å²) in [5.74, 6) is -1.20. The van der Waals surface area contributed by atoms with Crippen molar-refractivity contribution in [1.82, 2.24) is 0 Å². The molecule has 1 aliphatic rings. The van der Waals surface area contributed by atoms with Crippen LogP contribution in [-0.2, 0) is 4.79 Å². The number of benzene rings is 2. The van der Waals surface area contributed by atoms with Gasteiger partial charge < -0.3 is 19.0 Å². The maximum absolute atomic E-state index is 12.6. The van der Waals surface area contributed by atoms with Crippen LogP contribution in [0.1, 0.15) is 91.8 Å². The van der Waals surface area contributed by atoms with Crippen molar-refractivity contribution in [3.63, 3.8) is 0 Å². The third-order valence-corrected chi connectivity index (χ3v) is 6.68. The van der Waals surface area contributed by atoms with Gasteiger partial charge in [-0.2, -0.15) is 0 Å². The third kappa shape index (κ3) is 5.15. The molecule has 36 heavy (non-hydrogen) atoms.